The van der Waals surface area contributed by atoms with E-state index in [1.54, 1.807) is 18.3 Å². The molecule has 88 valence electrons. The summed E-state index contributed by atoms with van der Waals surface area (Å²) in [6, 6.07) is 5.81. The second-order valence-electron chi connectivity index (χ2n) is 4.80. The fourth-order valence-corrected chi connectivity index (χ4v) is 2.79. The molecule has 3 fully saturated rings. The molecule has 0 spiro atoms. The second kappa shape index (κ2) is 3.59. The van der Waals surface area contributed by atoms with Crippen LogP contribution in [0.15, 0.2) is 18.3 Å². The Balaban J connectivity index is 1.64. The Bertz CT molecular complexity index is 492. The maximum absolute atomic E-state index is 9.00. The van der Waals surface area contributed by atoms with Gasteiger partial charge in [0.1, 0.15) is 17.2 Å². The molecule has 1 saturated carbocycles. The van der Waals surface area contributed by atoms with Crippen molar-refractivity contribution in [3.63, 3.8) is 0 Å². The highest BCUT2D eigenvalue weighted by Crippen LogP contribution is 2.57. The molecule has 2 aliphatic heterocycles. The van der Waals surface area contributed by atoms with Crippen molar-refractivity contribution in [3.05, 3.63) is 23.4 Å². The van der Waals surface area contributed by atoms with Crippen molar-refractivity contribution in [2.24, 2.45) is 5.41 Å². The number of hydrogen-bond acceptors (Lipinski definition) is 4. The summed E-state index contributed by atoms with van der Waals surface area (Å²) in [6.07, 6.45) is 3.14. The van der Waals surface area contributed by atoms with Gasteiger partial charge in [0.15, 0.2) is 0 Å². The van der Waals surface area contributed by atoms with Gasteiger partial charge in [-0.3, -0.25) is 0 Å². The Hall–Kier alpha value is -1.31. The Labute approximate surface area is 104 Å². The monoisotopic (exact) mass is 250 g/mol. The lowest BCUT2D eigenvalue weighted by molar-refractivity contribution is -0.0436. The van der Waals surface area contributed by atoms with Crippen LogP contribution in [0.3, 0.4) is 0 Å². The zero-order valence-corrected chi connectivity index (χ0v) is 9.91. The van der Waals surface area contributed by atoms with Crippen LogP contribution in [-0.4, -0.2) is 23.8 Å². The molecule has 1 aliphatic carbocycles. The SMILES string of the molecule is N#CC12COC(COc3ncccc3Cl)(C1)C2. The fraction of sp³-hybridized carbons (Fsp3) is 0.500. The van der Waals surface area contributed by atoms with Crippen LogP contribution in [0.1, 0.15) is 12.8 Å². The van der Waals surface area contributed by atoms with Crippen LogP contribution >= 0.6 is 11.6 Å². The van der Waals surface area contributed by atoms with Crippen molar-refractivity contribution in [1.29, 1.82) is 5.26 Å². The van der Waals surface area contributed by atoms with E-state index in [2.05, 4.69) is 11.1 Å². The summed E-state index contributed by atoms with van der Waals surface area (Å²) in [7, 11) is 0. The van der Waals surface area contributed by atoms with Crippen LogP contribution in [0, 0.1) is 16.7 Å². The molecule has 0 aromatic carbocycles. The highest BCUT2D eigenvalue weighted by Gasteiger charge is 2.63. The molecule has 5 heteroatoms. The average molecular weight is 251 g/mol. The molecule has 1 aromatic heterocycles. The standard InChI is InChI=1S/C12H11ClN2O2/c13-9-2-1-3-15-10(9)16-8-12-4-11(5-12,6-14)7-17-12/h1-3H,4-5,7-8H2. The van der Waals surface area contributed by atoms with E-state index in [0.29, 0.717) is 24.1 Å². The predicted octanol–water partition coefficient (Wildman–Crippen LogP) is 2.19. The predicted molar refractivity (Wildman–Crippen MR) is 60.7 cm³/mol. The summed E-state index contributed by atoms with van der Waals surface area (Å²) < 4.78 is 11.2. The first-order valence-electron chi connectivity index (χ1n) is 5.46. The Morgan fingerprint density at radius 2 is 2.41 bits per heavy atom. The number of nitrogens with zero attached hydrogens (tertiary/aromatic N) is 2. The topological polar surface area (TPSA) is 55.1 Å². The van der Waals surface area contributed by atoms with E-state index in [0.717, 1.165) is 12.8 Å². The van der Waals surface area contributed by atoms with Crippen LogP contribution in [0.5, 0.6) is 5.88 Å². The quantitative estimate of drug-likeness (QED) is 0.825. The molecule has 2 saturated heterocycles. The molecule has 0 unspecified atom stereocenters. The minimum atomic E-state index is -0.295. The normalized spacial score (nSPS) is 33.9. The molecule has 0 N–H and O–H groups in total. The van der Waals surface area contributed by atoms with Gasteiger partial charge in [-0.15, -0.1) is 0 Å². The molecule has 0 amide bonds. The lowest BCUT2D eigenvalue weighted by atomic mass is 9.64. The van der Waals surface area contributed by atoms with Crippen LogP contribution in [-0.2, 0) is 4.74 Å². The third-order valence-corrected chi connectivity index (χ3v) is 3.70. The minimum Gasteiger partial charge on any atom is -0.474 e. The third kappa shape index (κ3) is 1.67. The van der Waals surface area contributed by atoms with Gasteiger partial charge in [-0.25, -0.2) is 4.98 Å². The summed E-state index contributed by atoms with van der Waals surface area (Å²) in [5.74, 6) is 0.425. The Kier molecular flexibility index (Phi) is 2.29. The van der Waals surface area contributed by atoms with Gasteiger partial charge in [0.05, 0.1) is 18.1 Å². The maximum Gasteiger partial charge on any atom is 0.232 e. The molecule has 17 heavy (non-hydrogen) atoms. The summed E-state index contributed by atoms with van der Waals surface area (Å²) in [5.41, 5.74) is -0.562. The highest BCUT2D eigenvalue weighted by atomic mass is 35.5. The van der Waals surface area contributed by atoms with Gasteiger partial charge in [-0.1, -0.05) is 11.6 Å². The van der Waals surface area contributed by atoms with Gasteiger partial charge in [-0.05, 0) is 12.1 Å². The first-order chi connectivity index (χ1) is 8.17. The molecule has 0 radical (unpaired) electrons. The van der Waals surface area contributed by atoms with E-state index in [4.69, 9.17) is 26.3 Å². The maximum atomic E-state index is 9.00. The number of rotatable bonds is 3. The van der Waals surface area contributed by atoms with Crippen molar-refractivity contribution in [2.75, 3.05) is 13.2 Å². The van der Waals surface area contributed by atoms with Gasteiger partial charge < -0.3 is 9.47 Å². The van der Waals surface area contributed by atoms with E-state index in [1.165, 1.54) is 0 Å². The van der Waals surface area contributed by atoms with E-state index in [9.17, 15) is 0 Å². The van der Waals surface area contributed by atoms with Gasteiger partial charge in [0.25, 0.3) is 0 Å². The molecule has 3 aliphatic rings. The molecule has 0 atom stereocenters. The van der Waals surface area contributed by atoms with Gasteiger partial charge >= 0.3 is 0 Å². The number of hydrogen-bond donors (Lipinski definition) is 0. The van der Waals surface area contributed by atoms with Gasteiger partial charge in [-0.2, -0.15) is 5.26 Å². The van der Waals surface area contributed by atoms with E-state index in [-0.39, 0.29) is 11.0 Å². The van der Waals surface area contributed by atoms with Crippen molar-refractivity contribution in [1.82, 2.24) is 4.98 Å². The summed E-state index contributed by atoms with van der Waals surface area (Å²) in [6.45, 7) is 0.927. The van der Waals surface area contributed by atoms with Crippen LogP contribution < -0.4 is 4.74 Å². The van der Waals surface area contributed by atoms with E-state index >= 15 is 0 Å². The van der Waals surface area contributed by atoms with Crippen LogP contribution in [0.2, 0.25) is 5.02 Å². The molecule has 1 aromatic rings. The largest absolute Gasteiger partial charge is 0.474 e. The van der Waals surface area contributed by atoms with E-state index < -0.39 is 0 Å². The lowest BCUT2D eigenvalue weighted by Crippen LogP contribution is -2.47. The van der Waals surface area contributed by atoms with Crippen molar-refractivity contribution >= 4 is 11.6 Å². The number of ether oxygens (including phenoxy) is 2. The summed E-state index contributed by atoms with van der Waals surface area (Å²) in [5, 5.41) is 9.50. The summed E-state index contributed by atoms with van der Waals surface area (Å²) in [4.78, 5) is 4.05. The van der Waals surface area contributed by atoms with E-state index in [1.807, 2.05) is 0 Å². The number of pyridine rings is 1. The molecule has 4 rings (SSSR count). The van der Waals surface area contributed by atoms with Crippen molar-refractivity contribution < 1.29 is 9.47 Å². The number of halogens is 1. The van der Waals surface area contributed by atoms with Crippen molar-refractivity contribution in [2.45, 2.75) is 18.4 Å². The fourth-order valence-electron chi connectivity index (χ4n) is 2.61. The molecule has 4 nitrogen and oxygen atoms in total. The Morgan fingerprint density at radius 1 is 1.59 bits per heavy atom. The zero-order valence-electron chi connectivity index (χ0n) is 9.15. The van der Waals surface area contributed by atoms with Crippen LogP contribution in [0.4, 0.5) is 0 Å². The number of nitriles is 1. The molecular weight excluding hydrogens is 240 g/mol. The molecule has 3 heterocycles. The zero-order chi connectivity index (χ0) is 11.9. The average Bonchev–Trinajstić information content (AvgIpc) is 2.84. The smallest absolute Gasteiger partial charge is 0.232 e. The van der Waals surface area contributed by atoms with Gasteiger partial charge in [0.2, 0.25) is 5.88 Å². The van der Waals surface area contributed by atoms with Crippen LogP contribution in [0.25, 0.3) is 0 Å². The first kappa shape index (κ1) is 10.8. The first-order valence-corrected chi connectivity index (χ1v) is 5.83. The third-order valence-electron chi connectivity index (χ3n) is 3.41. The van der Waals surface area contributed by atoms with Gasteiger partial charge in [0, 0.05) is 19.0 Å². The summed E-state index contributed by atoms with van der Waals surface area (Å²) >= 11 is 5.94. The number of aromatic nitrogens is 1. The molecule has 2 bridgehead atoms. The lowest BCUT2D eigenvalue weighted by Gasteiger charge is -2.39. The Morgan fingerprint density at radius 3 is 3.06 bits per heavy atom. The molecular formula is C12H11ClN2O2. The highest BCUT2D eigenvalue weighted by molar-refractivity contribution is 6.31. The second-order valence-corrected chi connectivity index (χ2v) is 5.20. The number of fused-ring (bicyclic) bond motifs is 1. The minimum absolute atomic E-state index is 0.267. The van der Waals surface area contributed by atoms with Crippen molar-refractivity contribution in [3.8, 4) is 11.9 Å².